The van der Waals surface area contributed by atoms with Gasteiger partial charge in [-0.05, 0) is 63.1 Å². The van der Waals surface area contributed by atoms with Gasteiger partial charge < -0.3 is 25.1 Å². The Kier molecular flexibility index (Phi) is 7.62. The number of methoxy groups -OCH3 is 1. The number of amides is 1. The average Bonchev–Trinajstić information content (AvgIpc) is 3.12. The van der Waals surface area contributed by atoms with Crippen LogP contribution in [0.5, 0.6) is 11.5 Å². The number of benzene rings is 2. The van der Waals surface area contributed by atoms with Crippen molar-refractivity contribution in [2.24, 2.45) is 0 Å². The first-order chi connectivity index (χ1) is 14.8. The summed E-state index contributed by atoms with van der Waals surface area (Å²) in [6, 6.07) is 12.1. The first kappa shape index (κ1) is 23.2. The number of halogens is 1. The highest BCUT2D eigenvalue weighted by molar-refractivity contribution is 9.10. The second-order valence-electron chi connectivity index (χ2n) is 8.47. The molecule has 0 aliphatic rings. The lowest BCUT2D eigenvalue weighted by atomic mass is 10.1. The summed E-state index contributed by atoms with van der Waals surface area (Å²) in [5, 5.41) is 7.64. The maximum atomic E-state index is 12.0. The number of carbonyl (C=O) groups excluding carboxylic acids is 1. The molecule has 3 N–H and O–H groups in total. The third kappa shape index (κ3) is 6.48. The fourth-order valence-corrected chi connectivity index (χ4v) is 3.83. The summed E-state index contributed by atoms with van der Waals surface area (Å²) in [6.07, 6.45) is 3.01. The third-order valence-corrected chi connectivity index (χ3v) is 5.51. The molecule has 0 spiro atoms. The molecule has 166 valence electrons. The number of carbonyl (C=O) groups is 1. The number of hydrogen-bond donors (Lipinski definition) is 3. The van der Waals surface area contributed by atoms with Crippen LogP contribution in [-0.4, -0.2) is 36.7 Å². The molecule has 3 aromatic rings. The van der Waals surface area contributed by atoms with Crippen molar-refractivity contribution >= 4 is 32.7 Å². The van der Waals surface area contributed by atoms with Crippen LogP contribution < -0.4 is 20.1 Å². The second kappa shape index (κ2) is 10.2. The summed E-state index contributed by atoms with van der Waals surface area (Å²) in [5.74, 6) is 0.954. The van der Waals surface area contributed by atoms with Crippen molar-refractivity contribution in [3.63, 3.8) is 0 Å². The van der Waals surface area contributed by atoms with Crippen molar-refractivity contribution in [3.8, 4) is 11.5 Å². The third-order valence-electron chi connectivity index (χ3n) is 4.77. The average molecular weight is 488 g/mol. The number of ether oxygens (including phenoxy) is 2. The Labute approximate surface area is 191 Å². The van der Waals surface area contributed by atoms with Gasteiger partial charge in [0, 0.05) is 33.7 Å². The Bertz CT molecular complexity index is 1040. The summed E-state index contributed by atoms with van der Waals surface area (Å²) < 4.78 is 12.1. The number of fused-ring (bicyclic) bond motifs is 1. The number of rotatable bonds is 9. The highest BCUT2D eigenvalue weighted by Crippen LogP contribution is 2.33. The summed E-state index contributed by atoms with van der Waals surface area (Å²) in [6.45, 7) is 7.27. The molecule has 1 heterocycles. The SMILES string of the molecule is COc1cc(CNCCc2c[nH]c3ccccc23)c(Br)cc1OCC(=O)NC(C)(C)C. The van der Waals surface area contributed by atoms with Crippen molar-refractivity contribution in [1.82, 2.24) is 15.6 Å². The van der Waals surface area contributed by atoms with Gasteiger partial charge in [-0.2, -0.15) is 0 Å². The van der Waals surface area contributed by atoms with Gasteiger partial charge in [0.2, 0.25) is 0 Å². The predicted octanol–water partition coefficient (Wildman–Crippen LogP) is 4.56. The first-order valence-electron chi connectivity index (χ1n) is 10.3. The van der Waals surface area contributed by atoms with Gasteiger partial charge in [-0.1, -0.05) is 34.1 Å². The summed E-state index contributed by atoms with van der Waals surface area (Å²) >= 11 is 3.61. The van der Waals surface area contributed by atoms with Gasteiger partial charge in [0.15, 0.2) is 18.1 Å². The van der Waals surface area contributed by atoms with Gasteiger partial charge in [0.1, 0.15) is 0 Å². The van der Waals surface area contributed by atoms with E-state index in [9.17, 15) is 4.79 Å². The molecule has 0 aliphatic carbocycles. The Balaban J connectivity index is 1.56. The van der Waals surface area contributed by atoms with Crippen molar-refractivity contribution in [3.05, 3.63) is 58.2 Å². The van der Waals surface area contributed by atoms with Gasteiger partial charge in [0.05, 0.1) is 7.11 Å². The predicted molar refractivity (Wildman–Crippen MR) is 128 cm³/mol. The number of nitrogens with one attached hydrogen (secondary N) is 3. The lowest BCUT2D eigenvalue weighted by molar-refractivity contribution is -0.124. The van der Waals surface area contributed by atoms with E-state index < -0.39 is 0 Å². The van der Waals surface area contributed by atoms with Crippen LogP contribution in [0.4, 0.5) is 0 Å². The molecule has 0 atom stereocenters. The zero-order valence-corrected chi connectivity index (χ0v) is 20.1. The standard InChI is InChI=1S/C24H30BrN3O3/c1-24(2,3)28-23(29)15-31-22-12-19(25)17(11-21(22)30-4)13-26-10-9-16-14-27-20-8-6-5-7-18(16)20/h5-8,11-12,14,26-27H,9-10,13,15H2,1-4H3,(H,28,29). The smallest absolute Gasteiger partial charge is 0.258 e. The van der Waals surface area contributed by atoms with Crippen molar-refractivity contribution in [1.29, 1.82) is 0 Å². The first-order valence-corrected chi connectivity index (χ1v) is 11.1. The summed E-state index contributed by atoms with van der Waals surface area (Å²) in [4.78, 5) is 15.4. The molecule has 0 saturated carbocycles. The Morgan fingerprint density at radius 1 is 1.13 bits per heavy atom. The van der Waals surface area contributed by atoms with Crippen LogP contribution in [-0.2, 0) is 17.8 Å². The fraction of sp³-hybridized carbons (Fsp3) is 0.375. The van der Waals surface area contributed by atoms with Crippen LogP contribution in [0.3, 0.4) is 0 Å². The number of aromatic nitrogens is 1. The molecule has 0 aliphatic heterocycles. The van der Waals surface area contributed by atoms with Crippen molar-refractivity contribution < 1.29 is 14.3 Å². The topological polar surface area (TPSA) is 75.4 Å². The molecule has 0 fully saturated rings. The molecule has 7 heteroatoms. The lowest BCUT2D eigenvalue weighted by Crippen LogP contribution is -2.43. The van der Waals surface area contributed by atoms with Crippen LogP contribution in [0.15, 0.2) is 47.1 Å². The van der Waals surface area contributed by atoms with E-state index >= 15 is 0 Å². The zero-order valence-electron chi connectivity index (χ0n) is 18.5. The number of hydrogen-bond acceptors (Lipinski definition) is 4. The Hall–Kier alpha value is -2.51. The zero-order chi connectivity index (χ0) is 22.4. The molecular weight excluding hydrogens is 458 g/mol. The molecule has 0 saturated heterocycles. The molecule has 2 aromatic carbocycles. The summed E-state index contributed by atoms with van der Waals surface area (Å²) in [7, 11) is 1.60. The maximum Gasteiger partial charge on any atom is 0.258 e. The lowest BCUT2D eigenvalue weighted by Gasteiger charge is -2.21. The van der Waals surface area contributed by atoms with E-state index in [1.54, 1.807) is 7.11 Å². The van der Waals surface area contributed by atoms with Crippen LogP contribution in [0, 0.1) is 0 Å². The molecule has 1 aromatic heterocycles. The molecule has 0 unspecified atom stereocenters. The molecule has 31 heavy (non-hydrogen) atoms. The molecular formula is C24H30BrN3O3. The van der Waals surface area contributed by atoms with Gasteiger partial charge in [-0.3, -0.25) is 4.79 Å². The summed E-state index contributed by atoms with van der Waals surface area (Å²) in [5.41, 5.74) is 3.23. The van der Waals surface area contributed by atoms with Gasteiger partial charge >= 0.3 is 0 Å². The van der Waals surface area contributed by atoms with Gasteiger partial charge in [-0.25, -0.2) is 0 Å². The van der Waals surface area contributed by atoms with E-state index in [1.807, 2.05) is 39.0 Å². The van der Waals surface area contributed by atoms with E-state index in [0.717, 1.165) is 28.5 Å². The quantitative estimate of drug-likeness (QED) is 0.386. The van der Waals surface area contributed by atoms with Crippen molar-refractivity contribution in [2.45, 2.75) is 39.3 Å². The van der Waals surface area contributed by atoms with E-state index in [2.05, 4.69) is 55.9 Å². The van der Waals surface area contributed by atoms with Crippen LogP contribution in [0.2, 0.25) is 0 Å². The minimum atomic E-state index is -0.298. The van der Waals surface area contributed by atoms with E-state index in [0.29, 0.717) is 18.0 Å². The minimum Gasteiger partial charge on any atom is -0.493 e. The van der Waals surface area contributed by atoms with Gasteiger partial charge in [-0.15, -0.1) is 0 Å². The normalized spacial score (nSPS) is 11.5. The highest BCUT2D eigenvalue weighted by Gasteiger charge is 2.16. The number of para-hydroxylation sites is 1. The largest absolute Gasteiger partial charge is 0.493 e. The monoisotopic (exact) mass is 487 g/mol. The van der Waals surface area contributed by atoms with Crippen LogP contribution >= 0.6 is 15.9 Å². The van der Waals surface area contributed by atoms with E-state index in [-0.39, 0.29) is 18.1 Å². The van der Waals surface area contributed by atoms with Crippen LogP contribution in [0.1, 0.15) is 31.9 Å². The van der Waals surface area contributed by atoms with E-state index in [1.165, 1.54) is 10.9 Å². The fourth-order valence-electron chi connectivity index (χ4n) is 3.37. The number of aromatic amines is 1. The molecule has 6 nitrogen and oxygen atoms in total. The Morgan fingerprint density at radius 3 is 2.65 bits per heavy atom. The molecule has 0 bridgehead atoms. The minimum absolute atomic E-state index is 0.0672. The van der Waals surface area contributed by atoms with Gasteiger partial charge in [0.25, 0.3) is 5.91 Å². The van der Waals surface area contributed by atoms with Crippen LogP contribution in [0.25, 0.3) is 10.9 Å². The highest BCUT2D eigenvalue weighted by atomic mass is 79.9. The van der Waals surface area contributed by atoms with Crippen molar-refractivity contribution in [2.75, 3.05) is 20.3 Å². The molecule has 0 radical (unpaired) electrons. The Morgan fingerprint density at radius 2 is 1.90 bits per heavy atom. The second-order valence-corrected chi connectivity index (χ2v) is 9.32. The van der Waals surface area contributed by atoms with E-state index in [4.69, 9.17) is 9.47 Å². The number of H-pyrrole nitrogens is 1. The molecule has 3 rings (SSSR count). The maximum absolute atomic E-state index is 12.0. The molecule has 1 amide bonds.